The Kier molecular flexibility index (Phi) is 3.91. The van der Waals surface area contributed by atoms with E-state index in [0.717, 1.165) is 12.8 Å². The van der Waals surface area contributed by atoms with Gasteiger partial charge in [0, 0.05) is 5.56 Å². The number of hydrogen-bond acceptors (Lipinski definition) is 5. The summed E-state index contributed by atoms with van der Waals surface area (Å²) in [6, 6.07) is 7.19. The van der Waals surface area contributed by atoms with Crippen molar-refractivity contribution in [3.05, 3.63) is 36.2 Å². The van der Waals surface area contributed by atoms with E-state index in [-0.39, 0.29) is 17.6 Å². The monoisotopic (exact) mass is 297 g/mol. The summed E-state index contributed by atoms with van der Waals surface area (Å²) in [5.74, 6) is 0.700. The lowest BCUT2D eigenvalue weighted by Crippen LogP contribution is -2.21. The highest BCUT2D eigenvalue weighted by Gasteiger charge is 2.17. The number of aromatic nitrogens is 2. The molecular weight excluding hydrogens is 278 g/mol. The third-order valence-electron chi connectivity index (χ3n) is 3.87. The number of nitrogens with two attached hydrogens (primary N) is 2. The van der Waals surface area contributed by atoms with E-state index in [4.69, 9.17) is 11.5 Å². The van der Waals surface area contributed by atoms with Gasteiger partial charge in [0.25, 0.3) is 0 Å². The third-order valence-corrected chi connectivity index (χ3v) is 3.87. The van der Waals surface area contributed by atoms with Gasteiger partial charge in [-0.05, 0) is 25.0 Å². The molecule has 0 radical (unpaired) electrons. The van der Waals surface area contributed by atoms with E-state index in [9.17, 15) is 5.11 Å². The first kappa shape index (κ1) is 14.3. The lowest BCUT2D eigenvalue weighted by atomic mass is 10.1. The van der Waals surface area contributed by atoms with E-state index in [1.807, 2.05) is 6.07 Å². The molecule has 6 nitrogen and oxygen atoms in total. The van der Waals surface area contributed by atoms with E-state index in [1.165, 1.54) is 19.0 Å². The van der Waals surface area contributed by atoms with Gasteiger partial charge >= 0.3 is 0 Å². The van der Waals surface area contributed by atoms with Crippen molar-refractivity contribution in [1.29, 1.82) is 0 Å². The molecule has 0 amide bonds. The molecule has 6 heteroatoms. The molecular formula is C16H19N5O. The number of amidine groups is 1. The van der Waals surface area contributed by atoms with Crippen LogP contribution in [0.1, 0.15) is 31.4 Å². The third kappa shape index (κ3) is 2.86. The Labute approximate surface area is 128 Å². The summed E-state index contributed by atoms with van der Waals surface area (Å²) < 4.78 is 0. The van der Waals surface area contributed by atoms with Crippen LogP contribution in [0.3, 0.4) is 0 Å². The fourth-order valence-electron chi connectivity index (χ4n) is 2.70. The summed E-state index contributed by atoms with van der Waals surface area (Å²) in [6.45, 7) is 0. The van der Waals surface area contributed by atoms with Crippen molar-refractivity contribution in [2.24, 2.45) is 10.7 Å². The molecule has 0 spiro atoms. The largest absolute Gasteiger partial charge is 0.507 e. The molecule has 3 rings (SSSR count). The molecule has 1 aromatic heterocycles. The second kappa shape index (κ2) is 6.01. The Morgan fingerprint density at radius 3 is 2.68 bits per heavy atom. The Bertz CT molecular complexity index is 707. The highest BCUT2D eigenvalue weighted by atomic mass is 16.3. The van der Waals surface area contributed by atoms with Crippen molar-refractivity contribution < 1.29 is 5.11 Å². The quantitative estimate of drug-likeness (QED) is 0.593. The Balaban J connectivity index is 1.98. The average molecular weight is 297 g/mol. The first-order chi connectivity index (χ1) is 10.6. The van der Waals surface area contributed by atoms with Gasteiger partial charge in [-0.2, -0.15) is 0 Å². The molecule has 1 heterocycles. The van der Waals surface area contributed by atoms with Crippen LogP contribution >= 0.6 is 0 Å². The molecule has 114 valence electrons. The zero-order valence-corrected chi connectivity index (χ0v) is 12.2. The molecule has 1 aliphatic carbocycles. The highest BCUT2D eigenvalue weighted by Crippen LogP contribution is 2.27. The molecule has 0 aliphatic heterocycles. The minimum atomic E-state index is 0.138. The summed E-state index contributed by atoms with van der Waals surface area (Å²) in [5, 5.41) is 9.93. The summed E-state index contributed by atoms with van der Waals surface area (Å²) in [7, 11) is 0. The molecule has 1 saturated carbocycles. The molecule has 0 unspecified atom stereocenters. The smallest absolute Gasteiger partial charge is 0.153 e. The number of hydrogen-bond donors (Lipinski definition) is 3. The van der Waals surface area contributed by atoms with E-state index < -0.39 is 0 Å². The number of benzene rings is 1. The molecule has 0 atom stereocenters. The van der Waals surface area contributed by atoms with Gasteiger partial charge in [0.2, 0.25) is 0 Å². The molecule has 0 saturated heterocycles. The Morgan fingerprint density at radius 1 is 1.23 bits per heavy atom. The minimum Gasteiger partial charge on any atom is -0.507 e. The number of nitrogen functional groups attached to an aromatic ring is 1. The minimum absolute atomic E-state index is 0.138. The van der Waals surface area contributed by atoms with Crippen LogP contribution in [0.4, 0.5) is 5.82 Å². The van der Waals surface area contributed by atoms with Gasteiger partial charge in [-0.3, -0.25) is 4.99 Å². The maximum atomic E-state index is 9.93. The maximum Gasteiger partial charge on any atom is 0.153 e. The van der Waals surface area contributed by atoms with Gasteiger partial charge in [-0.25, -0.2) is 9.97 Å². The number of aromatic hydroxyl groups is 1. The first-order valence-electron chi connectivity index (χ1n) is 7.39. The molecule has 1 fully saturated rings. The number of phenols is 1. The van der Waals surface area contributed by atoms with Gasteiger partial charge in [-0.15, -0.1) is 0 Å². The topological polar surface area (TPSA) is 110 Å². The van der Waals surface area contributed by atoms with E-state index in [0.29, 0.717) is 22.8 Å². The number of para-hydroxylation sites is 1. The predicted molar refractivity (Wildman–Crippen MR) is 86.5 cm³/mol. The lowest BCUT2D eigenvalue weighted by molar-refractivity contribution is 0.477. The zero-order valence-electron chi connectivity index (χ0n) is 12.2. The van der Waals surface area contributed by atoms with Crippen LogP contribution in [0.5, 0.6) is 5.75 Å². The summed E-state index contributed by atoms with van der Waals surface area (Å²) in [5.41, 5.74) is 13.4. The van der Waals surface area contributed by atoms with Crippen LogP contribution in [0.15, 0.2) is 35.5 Å². The number of phenolic OH excluding ortho intramolecular Hbond substituents is 1. The van der Waals surface area contributed by atoms with Crippen molar-refractivity contribution in [3.63, 3.8) is 0 Å². The molecule has 22 heavy (non-hydrogen) atoms. The number of rotatable bonds is 3. The number of aliphatic imine (C=N–C) groups is 1. The van der Waals surface area contributed by atoms with Crippen molar-refractivity contribution in [3.8, 4) is 17.0 Å². The Morgan fingerprint density at radius 2 is 1.95 bits per heavy atom. The van der Waals surface area contributed by atoms with Crippen LogP contribution in [0.2, 0.25) is 0 Å². The summed E-state index contributed by atoms with van der Waals surface area (Å²) >= 11 is 0. The lowest BCUT2D eigenvalue weighted by Gasteiger charge is -2.09. The van der Waals surface area contributed by atoms with Crippen LogP contribution in [0, 0.1) is 0 Å². The SMILES string of the molecule is NC(=NC1CCCC1)c1nc(-c2ccccc2O)cnc1N. The second-order valence-electron chi connectivity index (χ2n) is 5.46. The number of anilines is 1. The zero-order chi connectivity index (χ0) is 15.5. The van der Waals surface area contributed by atoms with Gasteiger partial charge < -0.3 is 16.6 Å². The van der Waals surface area contributed by atoms with Crippen LogP contribution in [-0.4, -0.2) is 27.0 Å². The van der Waals surface area contributed by atoms with Crippen molar-refractivity contribution in [2.45, 2.75) is 31.7 Å². The molecule has 2 aromatic rings. The van der Waals surface area contributed by atoms with Gasteiger partial charge in [0.15, 0.2) is 5.82 Å². The van der Waals surface area contributed by atoms with Crippen LogP contribution in [0.25, 0.3) is 11.3 Å². The molecule has 1 aromatic carbocycles. The van der Waals surface area contributed by atoms with Gasteiger partial charge in [0.1, 0.15) is 17.3 Å². The molecule has 0 bridgehead atoms. The summed E-state index contributed by atoms with van der Waals surface area (Å²) in [4.78, 5) is 13.1. The summed E-state index contributed by atoms with van der Waals surface area (Å²) in [6.07, 6.45) is 5.98. The molecule has 5 N–H and O–H groups in total. The standard InChI is InChI=1S/C16H19N5O/c17-15-14(16(18)20-10-5-1-2-6-10)21-12(9-19-15)11-7-3-4-8-13(11)22/h3-4,7-10,22H,1-2,5-6H2,(H2,17,19)(H2,18,20). The van der Waals surface area contributed by atoms with E-state index in [1.54, 1.807) is 18.2 Å². The second-order valence-corrected chi connectivity index (χ2v) is 5.46. The van der Waals surface area contributed by atoms with Crippen molar-refractivity contribution in [1.82, 2.24) is 9.97 Å². The average Bonchev–Trinajstić information content (AvgIpc) is 3.01. The van der Waals surface area contributed by atoms with E-state index in [2.05, 4.69) is 15.0 Å². The predicted octanol–water partition coefficient (Wildman–Crippen LogP) is 2.08. The van der Waals surface area contributed by atoms with Crippen LogP contribution < -0.4 is 11.5 Å². The fraction of sp³-hybridized carbons (Fsp3) is 0.312. The van der Waals surface area contributed by atoms with E-state index >= 15 is 0 Å². The van der Waals surface area contributed by atoms with Crippen molar-refractivity contribution in [2.75, 3.05) is 5.73 Å². The Hall–Kier alpha value is -2.63. The van der Waals surface area contributed by atoms with Gasteiger partial charge in [-0.1, -0.05) is 25.0 Å². The first-order valence-corrected chi connectivity index (χ1v) is 7.39. The maximum absolute atomic E-state index is 9.93. The molecule has 1 aliphatic rings. The van der Waals surface area contributed by atoms with Gasteiger partial charge in [0.05, 0.1) is 17.9 Å². The normalized spacial score (nSPS) is 16.1. The van der Waals surface area contributed by atoms with Crippen molar-refractivity contribution >= 4 is 11.7 Å². The fourth-order valence-corrected chi connectivity index (χ4v) is 2.70. The van der Waals surface area contributed by atoms with Crippen LogP contribution in [-0.2, 0) is 0 Å². The number of nitrogens with zero attached hydrogens (tertiary/aromatic N) is 3. The highest BCUT2D eigenvalue weighted by molar-refractivity contribution is 6.00.